The summed E-state index contributed by atoms with van der Waals surface area (Å²) >= 11 is 3.61. The summed E-state index contributed by atoms with van der Waals surface area (Å²) in [6.45, 7) is 4.39. The van der Waals surface area contributed by atoms with Gasteiger partial charge in [-0.1, -0.05) is 40.5 Å². The molecule has 0 radical (unpaired) electrons. The molecule has 1 aliphatic rings. The standard InChI is InChI=1S/C18H23BrN2/c1-14-12-15(17-7-2-3-8-18(17)20-14)13-21-11-5-4-6-16(21)9-10-19/h2-3,7-8,12,16H,4-6,9-11,13H2,1H3. The number of nitrogens with zero attached hydrogens (tertiary/aromatic N) is 2. The van der Waals surface area contributed by atoms with Gasteiger partial charge >= 0.3 is 0 Å². The molecule has 1 aromatic carbocycles. The number of benzene rings is 1. The van der Waals surface area contributed by atoms with E-state index in [1.54, 1.807) is 0 Å². The van der Waals surface area contributed by atoms with Gasteiger partial charge in [-0.05, 0) is 50.4 Å². The highest BCUT2D eigenvalue weighted by Crippen LogP contribution is 2.25. The van der Waals surface area contributed by atoms with Crippen LogP contribution in [0.3, 0.4) is 0 Å². The molecule has 2 heterocycles. The van der Waals surface area contributed by atoms with Crippen molar-refractivity contribution in [3.63, 3.8) is 0 Å². The minimum atomic E-state index is 0.727. The lowest BCUT2D eigenvalue weighted by Gasteiger charge is -2.35. The second kappa shape index (κ2) is 6.89. The topological polar surface area (TPSA) is 16.1 Å². The molecule has 1 fully saturated rings. The molecule has 0 N–H and O–H groups in total. The number of likely N-dealkylation sites (tertiary alicyclic amines) is 1. The predicted octanol–water partition coefficient (Wildman–Crippen LogP) is 4.68. The van der Waals surface area contributed by atoms with Crippen LogP contribution in [0.25, 0.3) is 10.9 Å². The lowest BCUT2D eigenvalue weighted by atomic mass is 9.98. The van der Waals surface area contributed by atoms with Gasteiger partial charge in [-0.25, -0.2) is 0 Å². The van der Waals surface area contributed by atoms with E-state index in [9.17, 15) is 0 Å². The first-order valence-electron chi connectivity index (χ1n) is 7.93. The maximum atomic E-state index is 4.66. The van der Waals surface area contributed by atoms with Gasteiger partial charge < -0.3 is 0 Å². The van der Waals surface area contributed by atoms with Crippen molar-refractivity contribution in [3.8, 4) is 0 Å². The largest absolute Gasteiger partial charge is 0.296 e. The van der Waals surface area contributed by atoms with E-state index < -0.39 is 0 Å². The van der Waals surface area contributed by atoms with Crippen molar-refractivity contribution >= 4 is 26.8 Å². The third-order valence-electron chi connectivity index (χ3n) is 4.49. The van der Waals surface area contributed by atoms with Crippen molar-refractivity contribution in [1.82, 2.24) is 9.88 Å². The molecule has 0 spiro atoms. The Morgan fingerprint density at radius 2 is 2.14 bits per heavy atom. The fraction of sp³-hybridized carbons (Fsp3) is 0.500. The van der Waals surface area contributed by atoms with Crippen molar-refractivity contribution < 1.29 is 0 Å². The normalized spacial score (nSPS) is 20.0. The van der Waals surface area contributed by atoms with Crippen LogP contribution in [0.1, 0.15) is 36.9 Å². The van der Waals surface area contributed by atoms with Gasteiger partial charge in [-0.3, -0.25) is 9.88 Å². The number of hydrogen-bond donors (Lipinski definition) is 0. The van der Waals surface area contributed by atoms with Crippen molar-refractivity contribution in [2.45, 2.75) is 45.2 Å². The molecule has 3 rings (SSSR count). The number of alkyl halides is 1. The quantitative estimate of drug-likeness (QED) is 0.747. The van der Waals surface area contributed by atoms with Crippen molar-refractivity contribution in [2.75, 3.05) is 11.9 Å². The number of aromatic nitrogens is 1. The highest BCUT2D eigenvalue weighted by atomic mass is 79.9. The molecule has 1 aliphatic heterocycles. The molecule has 0 saturated carbocycles. The zero-order chi connectivity index (χ0) is 14.7. The predicted molar refractivity (Wildman–Crippen MR) is 92.9 cm³/mol. The van der Waals surface area contributed by atoms with E-state index in [1.165, 1.54) is 43.2 Å². The first kappa shape index (κ1) is 15.0. The van der Waals surface area contributed by atoms with Crippen LogP contribution in [0.5, 0.6) is 0 Å². The summed E-state index contributed by atoms with van der Waals surface area (Å²) in [5, 5.41) is 2.41. The lowest BCUT2D eigenvalue weighted by Crippen LogP contribution is -2.39. The molecule has 0 bridgehead atoms. The summed E-state index contributed by atoms with van der Waals surface area (Å²) in [5.41, 5.74) is 3.68. The Bertz CT molecular complexity index is 609. The van der Waals surface area contributed by atoms with E-state index in [2.05, 4.69) is 63.1 Å². The summed E-state index contributed by atoms with van der Waals surface area (Å²) in [5.74, 6) is 0. The zero-order valence-electron chi connectivity index (χ0n) is 12.7. The molecule has 21 heavy (non-hydrogen) atoms. The van der Waals surface area contributed by atoms with E-state index in [0.29, 0.717) is 0 Å². The summed E-state index contributed by atoms with van der Waals surface area (Å²) in [4.78, 5) is 7.33. The highest BCUT2D eigenvalue weighted by Gasteiger charge is 2.22. The molecule has 1 unspecified atom stereocenters. The van der Waals surface area contributed by atoms with Crippen LogP contribution in [-0.4, -0.2) is 27.8 Å². The second-order valence-corrected chi connectivity index (χ2v) is 6.83. The summed E-state index contributed by atoms with van der Waals surface area (Å²) in [6, 6.07) is 11.5. The van der Waals surface area contributed by atoms with Crippen LogP contribution in [0.15, 0.2) is 30.3 Å². The molecule has 3 heteroatoms. The van der Waals surface area contributed by atoms with Crippen molar-refractivity contribution in [3.05, 3.63) is 41.6 Å². The third kappa shape index (κ3) is 3.46. The van der Waals surface area contributed by atoms with E-state index in [-0.39, 0.29) is 0 Å². The molecular formula is C18H23BrN2. The van der Waals surface area contributed by atoms with Crippen LogP contribution in [0.2, 0.25) is 0 Å². The number of halogens is 1. The number of aryl methyl sites for hydroxylation is 1. The lowest BCUT2D eigenvalue weighted by molar-refractivity contribution is 0.138. The first-order chi connectivity index (χ1) is 10.3. The second-order valence-electron chi connectivity index (χ2n) is 6.04. The molecule has 0 amide bonds. The zero-order valence-corrected chi connectivity index (χ0v) is 14.3. The molecule has 1 aromatic heterocycles. The molecule has 2 aromatic rings. The molecule has 0 aliphatic carbocycles. The maximum absolute atomic E-state index is 4.66. The SMILES string of the molecule is Cc1cc(CN2CCCCC2CCBr)c2ccccc2n1. The van der Waals surface area contributed by atoms with E-state index in [4.69, 9.17) is 0 Å². The van der Waals surface area contributed by atoms with Gasteiger partial charge in [-0.2, -0.15) is 0 Å². The van der Waals surface area contributed by atoms with Gasteiger partial charge in [0, 0.05) is 29.0 Å². The van der Waals surface area contributed by atoms with Crippen LogP contribution < -0.4 is 0 Å². The summed E-state index contributed by atoms with van der Waals surface area (Å²) < 4.78 is 0. The summed E-state index contributed by atoms with van der Waals surface area (Å²) in [6.07, 6.45) is 5.31. The van der Waals surface area contributed by atoms with Crippen molar-refractivity contribution in [1.29, 1.82) is 0 Å². The number of hydrogen-bond acceptors (Lipinski definition) is 2. The van der Waals surface area contributed by atoms with Crippen LogP contribution in [0, 0.1) is 6.92 Å². The van der Waals surface area contributed by atoms with Gasteiger partial charge in [0.15, 0.2) is 0 Å². The number of fused-ring (bicyclic) bond motifs is 1. The van der Waals surface area contributed by atoms with Crippen LogP contribution >= 0.6 is 15.9 Å². The summed E-state index contributed by atoms with van der Waals surface area (Å²) in [7, 11) is 0. The maximum Gasteiger partial charge on any atom is 0.0708 e. The monoisotopic (exact) mass is 346 g/mol. The van der Waals surface area contributed by atoms with Gasteiger partial charge in [0.25, 0.3) is 0 Å². The average molecular weight is 347 g/mol. The molecule has 1 atom stereocenters. The Hall–Kier alpha value is -0.930. The molecule has 112 valence electrons. The molecular weight excluding hydrogens is 324 g/mol. The van der Waals surface area contributed by atoms with Gasteiger partial charge in [0.2, 0.25) is 0 Å². The van der Waals surface area contributed by atoms with Crippen molar-refractivity contribution in [2.24, 2.45) is 0 Å². The number of piperidine rings is 1. The molecule has 1 saturated heterocycles. The van der Waals surface area contributed by atoms with E-state index in [0.717, 1.165) is 29.1 Å². The minimum Gasteiger partial charge on any atom is -0.296 e. The highest BCUT2D eigenvalue weighted by molar-refractivity contribution is 9.09. The van der Waals surface area contributed by atoms with E-state index >= 15 is 0 Å². The molecule has 2 nitrogen and oxygen atoms in total. The average Bonchev–Trinajstić information content (AvgIpc) is 2.49. The Labute approximate surface area is 135 Å². The Morgan fingerprint density at radius 1 is 1.29 bits per heavy atom. The number of rotatable bonds is 4. The van der Waals surface area contributed by atoms with Gasteiger partial charge in [0.1, 0.15) is 0 Å². The Balaban J connectivity index is 1.89. The van der Waals surface area contributed by atoms with Crippen LogP contribution in [0.4, 0.5) is 0 Å². The van der Waals surface area contributed by atoms with Gasteiger partial charge in [-0.15, -0.1) is 0 Å². The Morgan fingerprint density at radius 3 is 3.00 bits per heavy atom. The first-order valence-corrected chi connectivity index (χ1v) is 9.05. The van der Waals surface area contributed by atoms with Crippen LogP contribution in [-0.2, 0) is 6.54 Å². The minimum absolute atomic E-state index is 0.727. The Kier molecular flexibility index (Phi) is 4.91. The van der Waals surface area contributed by atoms with Gasteiger partial charge in [0.05, 0.1) is 5.52 Å². The number of pyridine rings is 1. The smallest absolute Gasteiger partial charge is 0.0708 e. The van der Waals surface area contributed by atoms with E-state index in [1.807, 2.05) is 0 Å². The third-order valence-corrected chi connectivity index (χ3v) is 4.95. The number of para-hydroxylation sites is 1. The fourth-order valence-corrected chi connectivity index (χ4v) is 3.99. The fourth-order valence-electron chi connectivity index (χ4n) is 3.47.